The van der Waals surface area contributed by atoms with Crippen molar-refractivity contribution in [3.63, 3.8) is 0 Å². The van der Waals surface area contributed by atoms with E-state index in [4.69, 9.17) is 5.73 Å². The summed E-state index contributed by atoms with van der Waals surface area (Å²) in [6.07, 6.45) is 1.52. The molecule has 0 aliphatic carbocycles. The molecule has 0 fully saturated rings. The van der Waals surface area contributed by atoms with Crippen molar-refractivity contribution in [3.8, 4) is 0 Å². The second kappa shape index (κ2) is 5.14. The Morgan fingerprint density at radius 3 is 2.83 bits per heavy atom. The van der Waals surface area contributed by atoms with Crippen LogP contribution in [0.2, 0.25) is 0 Å². The van der Waals surface area contributed by atoms with Crippen LogP contribution >= 0.6 is 15.9 Å². The number of carbonyl (C=O) groups excluding carboxylic acids is 1. The maximum Gasteiger partial charge on any atom is 0.256 e. The second-order valence-electron chi connectivity index (χ2n) is 3.52. The highest BCUT2D eigenvalue weighted by atomic mass is 79.9. The van der Waals surface area contributed by atoms with E-state index in [2.05, 4.69) is 26.2 Å². The Hall–Kier alpha value is -1.95. The van der Waals surface area contributed by atoms with Crippen LogP contribution in [0.4, 0.5) is 15.9 Å². The van der Waals surface area contributed by atoms with Crippen LogP contribution in [0.3, 0.4) is 0 Å². The van der Waals surface area contributed by atoms with Crippen molar-refractivity contribution in [1.82, 2.24) is 4.98 Å². The SMILES string of the molecule is Nc1cccnc1NC(=O)c1ccc(F)c(Br)c1. The summed E-state index contributed by atoms with van der Waals surface area (Å²) in [7, 11) is 0. The third-order valence-corrected chi connectivity index (χ3v) is 2.86. The van der Waals surface area contributed by atoms with Crippen molar-refractivity contribution in [2.75, 3.05) is 11.1 Å². The van der Waals surface area contributed by atoms with Gasteiger partial charge in [0.1, 0.15) is 5.82 Å². The Morgan fingerprint density at radius 1 is 1.39 bits per heavy atom. The Bertz CT molecular complexity index is 604. The first-order chi connectivity index (χ1) is 8.58. The molecular formula is C12H9BrFN3O. The predicted octanol–water partition coefficient (Wildman–Crippen LogP) is 2.82. The first-order valence-corrected chi connectivity index (χ1v) is 5.84. The molecule has 0 aliphatic rings. The molecule has 0 atom stereocenters. The van der Waals surface area contributed by atoms with Crippen LogP contribution in [-0.4, -0.2) is 10.9 Å². The van der Waals surface area contributed by atoms with Gasteiger partial charge in [-0.2, -0.15) is 0 Å². The number of anilines is 2. The average Bonchev–Trinajstić information content (AvgIpc) is 2.35. The van der Waals surface area contributed by atoms with Crippen molar-refractivity contribution in [2.24, 2.45) is 0 Å². The first-order valence-electron chi connectivity index (χ1n) is 5.05. The lowest BCUT2D eigenvalue weighted by Crippen LogP contribution is -2.14. The number of carbonyl (C=O) groups is 1. The summed E-state index contributed by atoms with van der Waals surface area (Å²) in [5, 5.41) is 2.55. The van der Waals surface area contributed by atoms with Crippen molar-refractivity contribution in [1.29, 1.82) is 0 Å². The number of nitrogens with one attached hydrogen (secondary N) is 1. The van der Waals surface area contributed by atoms with E-state index in [1.807, 2.05) is 0 Å². The topological polar surface area (TPSA) is 68.0 Å². The fourth-order valence-corrected chi connectivity index (χ4v) is 1.72. The minimum absolute atomic E-state index is 0.226. The Labute approximate surface area is 111 Å². The molecule has 0 saturated carbocycles. The summed E-state index contributed by atoms with van der Waals surface area (Å²) in [4.78, 5) is 15.8. The monoisotopic (exact) mass is 309 g/mol. The normalized spacial score (nSPS) is 10.1. The van der Waals surface area contributed by atoms with Crippen LogP contribution in [0.25, 0.3) is 0 Å². The van der Waals surface area contributed by atoms with Crippen LogP contribution in [-0.2, 0) is 0 Å². The molecule has 2 rings (SSSR count). The van der Waals surface area contributed by atoms with Gasteiger partial charge in [-0.25, -0.2) is 9.37 Å². The average molecular weight is 310 g/mol. The minimum Gasteiger partial charge on any atom is -0.396 e. The van der Waals surface area contributed by atoms with Gasteiger partial charge in [0.2, 0.25) is 0 Å². The Morgan fingerprint density at radius 2 is 2.17 bits per heavy atom. The fourth-order valence-electron chi connectivity index (χ4n) is 1.34. The van der Waals surface area contributed by atoms with Crippen molar-refractivity contribution >= 4 is 33.3 Å². The van der Waals surface area contributed by atoms with E-state index < -0.39 is 11.7 Å². The quantitative estimate of drug-likeness (QED) is 0.896. The van der Waals surface area contributed by atoms with Crippen LogP contribution in [0.5, 0.6) is 0 Å². The maximum absolute atomic E-state index is 13.0. The summed E-state index contributed by atoms with van der Waals surface area (Å²) in [5.41, 5.74) is 6.34. The number of rotatable bonds is 2. The van der Waals surface area contributed by atoms with E-state index in [9.17, 15) is 9.18 Å². The summed E-state index contributed by atoms with van der Waals surface area (Å²) < 4.78 is 13.3. The maximum atomic E-state index is 13.0. The molecule has 1 heterocycles. The van der Waals surface area contributed by atoms with E-state index in [1.165, 1.54) is 24.4 Å². The number of hydrogen-bond acceptors (Lipinski definition) is 3. The van der Waals surface area contributed by atoms with E-state index in [1.54, 1.807) is 12.1 Å². The zero-order valence-electron chi connectivity index (χ0n) is 9.15. The van der Waals surface area contributed by atoms with Gasteiger partial charge in [-0.3, -0.25) is 4.79 Å². The summed E-state index contributed by atoms with van der Waals surface area (Å²) in [5.74, 6) is -0.548. The number of halogens is 2. The van der Waals surface area contributed by atoms with Crippen LogP contribution in [0.15, 0.2) is 41.0 Å². The summed E-state index contributed by atoms with van der Waals surface area (Å²) >= 11 is 3.02. The molecule has 4 nitrogen and oxygen atoms in total. The highest BCUT2D eigenvalue weighted by Crippen LogP contribution is 2.19. The number of nitrogen functional groups attached to an aromatic ring is 1. The Kier molecular flexibility index (Phi) is 3.57. The van der Waals surface area contributed by atoms with Gasteiger partial charge in [-0.15, -0.1) is 0 Å². The van der Waals surface area contributed by atoms with Gasteiger partial charge in [-0.05, 0) is 46.3 Å². The van der Waals surface area contributed by atoms with Crippen LogP contribution in [0, 0.1) is 5.82 Å². The number of amides is 1. The molecule has 0 saturated heterocycles. The van der Waals surface area contributed by atoms with E-state index in [0.29, 0.717) is 11.3 Å². The van der Waals surface area contributed by atoms with Gasteiger partial charge in [0.05, 0.1) is 10.2 Å². The highest BCUT2D eigenvalue weighted by Gasteiger charge is 2.10. The molecule has 18 heavy (non-hydrogen) atoms. The molecule has 1 amide bonds. The molecule has 92 valence electrons. The number of pyridine rings is 1. The van der Waals surface area contributed by atoms with E-state index in [0.717, 1.165) is 0 Å². The molecule has 0 unspecified atom stereocenters. The van der Waals surface area contributed by atoms with Crippen molar-refractivity contribution in [3.05, 3.63) is 52.4 Å². The molecule has 2 aromatic rings. The lowest BCUT2D eigenvalue weighted by molar-refractivity contribution is 0.102. The zero-order chi connectivity index (χ0) is 13.1. The lowest BCUT2D eigenvalue weighted by atomic mass is 10.2. The van der Waals surface area contributed by atoms with Gasteiger partial charge >= 0.3 is 0 Å². The van der Waals surface area contributed by atoms with Gasteiger partial charge in [0.25, 0.3) is 5.91 Å². The number of aromatic nitrogens is 1. The largest absolute Gasteiger partial charge is 0.396 e. The van der Waals surface area contributed by atoms with E-state index in [-0.39, 0.29) is 10.3 Å². The van der Waals surface area contributed by atoms with Gasteiger partial charge < -0.3 is 11.1 Å². The van der Waals surface area contributed by atoms with Crippen LogP contribution in [0.1, 0.15) is 10.4 Å². The molecule has 3 N–H and O–H groups in total. The fraction of sp³-hybridized carbons (Fsp3) is 0. The van der Waals surface area contributed by atoms with Crippen LogP contribution < -0.4 is 11.1 Å². The predicted molar refractivity (Wildman–Crippen MR) is 70.7 cm³/mol. The number of nitrogens with two attached hydrogens (primary N) is 1. The molecule has 1 aromatic carbocycles. The minimum atomic E-state index is -0.427. The molecule has 0 radical (unpaired) electrons. The molecule has 1 aromatic heterocycles. The van der Waals surface area contributed by atoms with Gasteiger partial charge in [-0.1, -0.05) is 0 Å². The van der Waals surface area contributed by atoms with Gasteiger partial charge in [0, 0.05) is 11.8 Å². The van der Waals surface area contributed by atoms with Crippen molar-refractivity contribution < 1.29 is 9.18 Å². The zero-order valence-corrected chi connectivity index (χ0v) is 10.7. The smallest absolute Gasteiger partial charge is 0.256 e. The summed E-state index contributed by atoms with van der Waals surface area (Å²) in [6, 6.07) is 7.28. The second-order valence-corrected chi connectivity index (χ2v) is 4.38. The number of nitrogens with zero attached hydrogens (tertiary/aromatic N) is 1. The first kappa shape index (κ1) is 12.5. The van der Waals surface area contributed by atoms with Gasteiger partial charge in [0.15, 0.2) is 5.82 Å². The highest BCUT2D eigenvalue weighted by molar-refractivity contribution is 9.10. The third-order valence-electron chi connectivity index (χ3n) is 2.25. The third kappa shape index (κ3) is 2.65. The van der Waals surface area contributed by atoms with E-state index >= 15 is 0 Å². The standard InChI is InChI=1S/C12H9BrFN3O/c13-8-6-7(3-4-9(8)14)12(18)17-11-10(15)2-1-5-16-11/h1-6H,15H2,(H,16,17,18). The molecule has 0 bridgehead atoms. The molecular weight excluding hydrogens is 301 g/mol. The molecule has 0 aliphatic heterocycles. The number of hydrogen-bond donors (Lipinski definition) is 2. The van der Waals surface area contributed by atoms with Crippen molar-refractivity contribution in [2.45, 2.75) is 0 Å². The molecule has 6 heteroatoms. The Balaban J connectivity index is 2.22. The lowest BCUT2D eigenvalue weighted by Gasteiger charge is -2.07. The summed E-state index contributed by atoms with van der Waals surface area (Å²) in [6.45, 7) is 0. The number of benzene rings is 1. The molecule has 0 spiro atoms.